The molecule has 1 atom stereocenters. The third kappa shape index (κ3) is 7.31. The minimum Gasteiger partial charge on any atom is -0.357 e. The van der Waals surface area contributed by atoms with Crippen molar-refractivity contribution in [1.82, 2.24) is 25.4 Å². The molecule has 0 fully saturated rings. The smallest absolute Gasteiger partial charge is 0.191 e. The largest absolute Gasteiger partial charge is 0.357 e. The summed E-state index contributed by atoms with van der Waals surface area (Å²) in [6, 6.07) is 10.5. The lowest BCUT2D eigenvalue weighted by molar-refractivity contribution is 0.546. The number of rotatable bonds is 9. The molecule has 0 spiro atoms. The summed E-state index contributed by atoms with van der Waals surface area (Å²) < 4.78 is 1.97. The van der Waals surface area contributed by atoms with Gasteiger partial charge in [-0.15, -0.1) is 34.2 Å². The van der Waals surface area contributed by atoms with Crippen LogP contribution in [0, 0.1) is 0 Å². The fraction of sp³-hybridized carbons (Fsp3) is 0.526. The van der Waals surface area contributed by atoms with Gasteiger partial charge in [0.05, 0.1) is 0 Å². The Balaban J connectivity index is 0.00000338. The number of halogens is 1. The predicted molar refractivity (Wildman–Crippen MR) is 118 cm³/mol. The van der Waals surface area contributed by atoms with E-state index in [9.17, 15) is 0 Å². The number of nitrogens with one attached hydrogen (secondary N) is 2. The summed E-state index contributed by atoms with van der Waals surface area (Å²) in [6.45, 7) is 7.82. The van der Waals surface area contributed by atoms with Gasteiger partial charge >= 0.3 is 0 Å². The number of guanidine groups is 1. The highest BCUT2D eigenvalue weighted by Gasteiger charge is 2.08. The molecule has 26 heavy (non-hydrogen) atoms. The lowest BCUT2D eigenvalue weighted by atomic mass is 10.1. The molecule has 6 nitrogen and oxygen atoms in total. The zero-order chi connectivity index (χ0) is 17.9. The average molecular weight is 470 g/mol. The Kier molecular flexibility index (Phi) is 10.9. The molecular formula is C19H31IN6. The van der Waals surface area contributed by atoms with E-state index in [1.165, 1.54) is 19.3 Å². The van der Waals surface area contributed by atoms with E-state index in [1.807, 2.05) is 34.9 Å². The van der Waals surface area contributed by atoms with Crippen molar-refractivity contribution in [2.24, 2.45) is 4.99 Å². The van der Waals surface area contributed by atoms with Crippen molar-refractivity contribution in [2.75, 3.05) is 6.54 Å². The fourth-order valence-corrected chi connectivity index (χ4v) is 2.65. The van der Waals surface area contributed by atoms with Crippen molar-refractivity contribution >= 4 is 29.9 Å². The Morgan fingerprint density at radius 3 is 2.65 bits per heavy atom. The first-order valence-corrected chi connectivity index (χ1v) is 9.23. The van der Waals surface area contributed by atoms with Crippen LogP contribution in [-0.2, 0) is 6.54 Å². The van der Waals surface area contributed by atoms with E-state index in [0.717, 1.165) is 30.4 Å². The van der Waals surface area contributed by atoms with Crippen molar-refractivity contribution in [3.8, 4) is 5.69 Å². The summed E-state index contributed by atoms with van der Waals surface area (Å²) in [4.78, 5) is 4.68. The molecule has 144 valence electrons. The maximum Gasteiger partial charge on any atom is 0.191 e. The zero-order valence-corrected chi connectivity index (χ0v) is 18.3. The van der Waals surface area contributed by atoms with Crippen molar-refractivity contribution in [2.45, 2.75) is 59.0 Å². The van der Waals surface area contributed by atoms with Crippen molar-refractivity contribution in [3.05, 3.63) is 42.5 Å². The SMILES string of the molecule is CCCCCC(C)NC(=NCc1nncn1-c1ccccc1)NCC.I. The van der Waals surface area contributed by atoms with Crippen LogP contribution in [0.15, 0.2) is 41.7 Å². The van der Waals surface area contributed by atoms with Gasteiger partial charge in [0, 0.05) is 18.3 Å². The van der Waals surface area contributed by atoms with Gasteiger partial charge in [0.2, 0.25) is 0 Å². The Morgan fingerprint density at radius 1 is 1.19 bits per heavy atom. The summed E-state index contributed by atoms with van der Waals surface area (Å²) in [5, 5.41) is 15.0. The van der Waals surface area contributed by atoms with Gasteiger partial charge < -0.3 is 10.6 Å². The second-order valence-electron chi connectivity index (χ2n) is 6.19. The summed E-state index contributed by atoms with van der Waals surface area (Å²) in [5.41, 5.74) is 1.04. The standard InChI is InChI=1S/C19H30N6.HI/c1-4-6-8-11-16(3)23-19(20-5-2)21-14-18-24-22-15-25(18)17-12-9-7-10-13-17;/h7,9-10,12-13,15-16H,4-6,8,11,14H2,1-3H3,(H2,20,21,23);1H. The molecule has 0 aliphatic rings. The Labute approximate surface area is 173 Å². The first-order valence-electron chi connectivity index (χ1n) is 9.23. The molecule has 1 heterocycles. The third-order valence-electron chi connectivity index (χ3n) is 4.00. The molecule has 7 heteroatoms. The van der Waals surface area contributed by atoms with Crippen LogP contribution in [0.2, 0.25) is 0 Å². The summed E-state index contributed by atoms with van der Waals surface area (Å²) >= 11 is 0. The molecule has 1 unspecified atom stereocenters. The minimum atomic E-state index is 0. The third-order valence-corrected chi connectivity index (χ3v) is 4.00. The average Bonchev–Trinajstić information content (AvgIpc) is 3.09. The van der Waals surface area contributed by atoms with E-state index in [2.05, 4.69) is 46.6 Å². The van der Waals surface area contributed by atoms with Gasteiger partial charge in [-0.05, 0) is 32.4 Å². The predicted octanol–water partition coefficient (Wildman–Crippen LogP) is 3.91. The lowest BCUT2D eigenvalue weighted by Crippen LogP contribution is -2.42. The molecule has 0 aliphatic heterocycles. The Bertz CT molecular complexity index is 640. The highest BCUT2D eigenvalue weighted by Crippen LogP contribution is 2.09. The molecule has 0 saturated carbocycles. The topological polar surface area (TPSA) is 67.1 Å². The number of hydrogen-bond acceptors (Lipinski definition) is 3. The number of aromatic nitrogens is 3. The van der Waals surface area contributed by atoms with Gasteiger partial charge in [-0.2, -0.15) is 0 Å². The molecule has 0 amide bonds. The first kappa shape index (κ1) is 22.4. The van der Waals surface area contributed by atoms with Crippen LogP contribution in [-0.4, -0.2) is 33.3 Å². The summed E-state index contributed by atoms with van der Waals surface area (Å²) in [7, 11) is 0. The highest BCUT2D eigenvalue weighted by atomic mass is 127. The van der Waals surface area contributed by atoms with Crippen molar-refractivity contribution < 1.29 is 0 Å². The number of para-hydroxylation sites is 1. The van der Waals surface area contributed by atoms with Crippen LogP contribution in [0.4, 0.5) is 0 Å². The molecule has 0 aliphatic carbocycles. The van der Waals surface area contributed by atoms with E-state index >= 15 is 0 Å². The number of nitrogens with zero attached hydrogens (tertiary/aromatic N) is 4. The minimum absolute atomic E-state index is 0. The van der Waals surface area contributed by atoms with Gasteiger partial charge in [-0.3, -0.25) is 4.57 Å². The Hall–Kier alpha value is -1.64. The number of hydrogen-bond donors (Lipinski definition) is 2. The van der Waals surface area contributed by atoms with Gasteiger partial charge in [-0.25, -0.2) is 4.99 Å². The van der Waals surface area contributed by atoms with Crippen LogP contribution in [0.1, 0.15) is 52.3 Å². The van der Waals surface area contributed by atoms with Crippen LogP contribution in [0.3, 0.4) is 0 Å². The molecule has 1 aromatic heterocycles. The molecular weight excluding hydrogens is 439 g/mol. The highest BCUT2D eigenvalue weighted by molar-refractivity contribution is 14.0. The lowest BCUT2D eigenvalue weighted by Gasteiger charge is -2.17. The maximum atomic E-state index is 4.68. The van der Waals surface area contributed by atoms with Crippen LogP contribution in [0.5, 0.6) is 0 Å². The number of aliphatic imine (C=N–C) groups is 1. The van der Waals surface area contributed by atoms with Crippen LogP contribution in [0.25, 0.3) is 5.69 Å². The summed E-state index contributed by atoms with van der Waals surface area (Å²) in [5.74, 6) is 1.65. The van der Waals surface area contributed by atoms with E-state index in [-0.39, 0.29) is 24.0 Å². The van der Waals surface area contributed by atoms with Crippen molar-refractivity contribution in [3.63, 3.8) is 0 Å². The molecule has 2 aromatic rings. The first-order chi connectivity index (χ1) is 12.2. The molecule has 0 bridgehead atoms. The fourth-order valence-electron chi connectivity index (χ4n) is 2.65. The normalized spacial score (nSPS) is 12.3. The van der Waals surface area contributed by atoms with Gasteiger partial charge in [0.15, 0.2) is 11.8 Å². The maximum absolute atomic E-state index is 4.68. The molecule has 2 N–H and O–H groups in total. The van der Waals surface area contributed by atoms with E-state index < -0.39 is 0 Å². The molecule has 1 aromatic carbocycles. The Morgan fingerprint density at radius 2 is 1.96 bits per heavy atom. The van der Waals surface area contributed by atoms with Gasteiger partial charge in [0.1, 0.15) is 12.9 Å². The van der Waals surface area contributed by atoms with E-state index in [4.69, 9.17) is 0 Å². The number of benzene rings is 1. The summed E-state index contributed by atoms with van der Waals surface area (Å²) in [6.07, 6.45) is 6.65. The molecule has 0 saturated heterocycles. The van der Waals surface area contributed by atoms with E-state index in [0.29, 0.717) is 12.6 Å². The zero-order valence-electron chi connectivity index (χ0n) is 16.0. The monoisotopic (exact) mass is 470 g/mol. The quantitative estimate of drug-likeness (QED) is 0.253. The van der Waals surface area contributed by atoms with Crippen LogP contribution >= 0.6 is 24.0 Å². The second-order valence-corrected chi connectivity index (χ2v) is 6.19. The van der Waals surface area contributed by atoms with Crippen molar-refractivity contribution in [1.29, 1.82) is 0 Å². The number of unbranched alkanes of at least 4 members (excludes halogenated alkanes) is 2. The van der Waals surface area contributed by atoms with Crippen LogP contribution < -0.4 is 10.6 Å². The molecule has 0 radical (unpaired) electrons. The van der Waals surface area contributed by atoms with Gasteiger partial charge in [-0.1, -0.05) is 44.4 Å². The van der Waals surface area contributed by atoms with E-state index in [1.54, 1.807) is 6.33 Å². The van der Waals surface area contributed by atoms with Gasteiger partial charge in [0.25, 0.3) is 0 Å². The second kappa shape index (κ2) is 12.7. The molecule has 2 rings (SSSR count).